The quantitative estimate of drug-likeness (QED) is 0.622. The number of hydrogen-bond acceptors (Lipinski definition) is 3. The fourth-order valence-corrected chi connectivity index (χ4v) is 1.34. The number of carbonyl (C=O) groups excluding carboxylic acids is 1. The maximum atomic E-state index is 12.5. The van der Waals surface area contributed by atoms with Crippen LogP contribution >= 0.6 is 0 Å². The lowest BCUT2D eigenvalue weighted by Crippen LogP contribution is -2.06. The van der Waals surface area contributed by atoms with Gasteiger partial charge < -0.3 is 10.5 Å². The number of halogens is 2. The lowest BCUT2D eigenvalue weighted by Gasteiger charge is -2.12. The Kier molecular flexibility index (Phi) is 3.24. The normalized spacial score (nSPS) is 10.5. The van der Waals surface area contributed by atoms with Gasteiger partial charge >= 0.3 is 0 Å². The zero-order chi connectivity index (χ0) is 11.6. The van der Waals surface area contributed by atoms with Crippen LogP contribution in [0.3, 0.4) is 0 Å². The third-order valence-electron chi connectivity index (χ3n) is 2.05. The molecule has 0 aromatic heterocycles. The second-order valence-corrected chi connectivity index (χ2v) is 3.00. The zero-order valence-corrected chi connectivity index (χ0v) is 8.38. The number of ketones is 1. The topological polar surface area (TPSA) is 52.3 Å². The Morgan fingerprint density at radius 1 is 1.47 bits per heavy atom. The highest BCUT2D eigenvalue weighted by atomic mass is 19.3. The highest BCUT2D eigenvalue weighted by Gasteiger charge is 2.19. The molecular weight excluding hydrogens is 204 g/mol. The summed E-state index contributed by atoms with van der Waals surface area (Å²) < 4.78 is 29.8. The highest BCUT2D eigenvalue weighted by Crippen LogP contribution is 2.33. The molecule has 0 saturated heterocycles. The molecule has 0 heterocycles. The molecule has 1 aromatic rings. The van der Waals surface area contributed by atoms with Crippen LogP contribution in [0.2, 0.25) is 0 Å². The summed E-state index contributed by atoms with van der Waals surface area (Å²) in [6, 6.07) is 2.47. The number of hydrogen-bond donors (Lipinski definition) is 1. The van der Waals surface area contributed by atoms with Gasteiger partial charge in [-0.25, -0.2) is 8.78 Å². The summed E-state index contributed by atoms with van der Waals surface area (Å²) in [6.07, 6.45) is -2.70. The summed E-state index contributed by atoms with van der Waals surface area (Å²) in [5, 5.41) is 0. The van der Waals surface area contributed by atoms with Crippen LogP contribution in [0.5, 0.6) is 5.75 Å². The maximum Gasteiger partial charge on any atom is 0.265 e. The molecule has 3 nitrogen and oxygen atoms in total. The smallest absolute Gasteiger partial charge is 0.265 e. The molecule has 1 rings (SSSR count). The fraction of sp³-hybridized carbons (Fsp3) is 0.300. The molecule has 0 aliphatic rings. The Morgan fingerprint density at radius 3 is 2.47 bits per heavy atom. The first-order valence-corrected chi connectivity index (χ1v) is 4.24. The van der Waals surface area contributed by atoms with Gasteiger partial charge in [0, 0.05) is 5.56 Å². The van der Waals surface area contributed by atoms with Gasteiger partial charge in [-0.3, -0.25) is 4.79 Å². The Morgan fingerprint density at radius 2 is 2.07 bits per heavy atom. The first kappa shape index (κ1) is 11.4. The van der Waals surface area contributed by atoms with Crippen molar-refractivity contribution in [1.29, 1.82) is 0 Å². The SMILES string of the molecule is COc1ccc(C(F)F)c(N)c1C(C)=O. The van der Waals surface area contributed by atoms with Crippen LogP contribution in [0.4, 0.5) is 14.5 Å². The van der Waals surface area contributed by atoms with Gasteiger partial charge in [0.25, 0.3) is 6.43 Å². The van der Waals surface area contributed by atoms with Crippen molar-refractivity contribution in [2.45, 2.75) is 13.3 Å². The van der Waals surface area contributed by atoms with Crippen LogP contribution in [0.15, 0.2) is 12.1 Å². The summed E-state index contributed by atoms with van der Waals surface area (Å²) >= 11 is 0. The molecule has 0 amide bonds. The van der Waals surface area contributed by atoms with E-state index in [4.69, 9.17) is 10.5 Å². The van der Waals surface area contributed by atoms with Crippen molar-refractivity contribution in [2.75, 3.05) is 12.8 Å². The molecule has 2 N–H and O–H groups in total. The number of anilines is 1. The molecule has 0 atom stereocenters. The first-order chi connectivity index (χ1) is 6.99. The van der Waals surface area contributed by atoms with E-state index in [9.17, 15) is 13.6 Å². The first-order valence-electron chi connectivity index (χ1n) is 4.24. The molecule has 0 aliphatic heterocycles. The van der Waals surface area contributed by atoms with E-state index in [2.05, 4.69) is 0 Å². The lowest BCUT2D eigenvalue weighted by molar-refractivity contribution is 0.101. The number of Topliss-reactive ketones (excluding diaryl/α,β-unsaturated/α-hetero) is 1. The molecule has 1 aromatic carbocycles. The van der Waals surface area contributed by atoms with Gasteiger partial charge in [0.2, 0.25) is 0 Å². The number of carbonyl (C=O) groups is 1. The summed E-state index contributed by atoms with van der Waals surface area (Å²) in [5.41, 5.74) is 4.93. The summed E-state index contributed by atoms with van der Waals surface area (Å²) in [4.78, 5) is 11.2. The number of alkyl halides is 2. The van der Waals surface area contributed by atoms with E-state index in [0.717, 1.165) is 6.07 Å². The van der Waals surface area contributed by atoms with E-state index in [-0.39, 0.29) is 22.6 Å². The Hall–Kier alpha value is -1.65. The van der Waals surface area contributed by atoms with Crippen molar-refractivity contribution in [2.24, 2.45) is 0 Å². The third kappa shape index (κ3) is 2.06. The minimum absolute atomic E-state index is 0.00954. The largest absolute Gasteiger partial charge is 0.496 e. The van der Waals surface area contributed by atoms with Crippen LogP contribution in [0.25, 0.3) is 0 Å². The third-order valence-corrected chi connectivity index (χ3v) is 2.05. The van der Waals surface area contributed by atoms with E-state index < -0.39 is 12.2 Å². The Labute approximate surface area is 85.8 Å². The monoisotopic (exact) mass is 215 g/mol. The second kappa shape index (κ2) is 4.25. The number of ether oxygens (including phenoxy) is 1. The van der Waals surface area contributed by atoms with E-state index in [1.807, 2.05) is 0 Å². The van der Waals surface area contributed by atoms with Crippen LogP contribution in [-0.4, -0.2) is 12.9 Å². The molecule has 82 valence electrons. The number of methoxy groups -OCH3 is 1. The van der Waals surface area contributed by atoms with Gasteiger partial charge in [-0.15, -0.1) is 0 Å². The maximum absolute atomic E-state index is 12.5. The van der Waals surface area contributed by atoms with Crippen molar-refractivity contribution >= 4 is 11.5 Å². The zero-order valence-electron chi connectivity index (χ0n) is 8.38. The van der Waals surface area contributed by atoms with Gasteiger partial charge in [-0.2, -0.15) is 0 Å². The second-order valence-electron chi connectivity index (χ2n) is 3.00. The van der Waals surface area contributed by atoms with Crippen LogP contribution in [0.1, 0.15) is 29.3 Å². The van der Waals surface area contributed by atoms with Crippen molar-refractivity contribution in [3.8, 4) is 5.75 Å². The lowest BCUT2D eigenvalue weighted by atomic mass is 10.0. The highest BCUT2D eigenvalue weighted by molar-refractivity contribution is 6.02. The minimum atomic E-state index is -2.70. The number of nitrogens with two attached hydrogens (primary N) is 1. The molecule has 15 heavy (non-hydrogen) atoms. The summed E-state index contributed by atoms with van der Waals surface area (Å²) in [5.74, 6) is -0.184. The summed E-state index contributed by atoms with van der Waals surface area (Å²) in [6.45, 7) is 1.25. The van der Waals surface area contributed by atoms with Crippen LogP contribution < -0.4 is 10.5 Å². The van der Waals surface area contributed by atoms with E-state index in [1.54, 1.807) is 0 Å². The van der Waals surface area contributed by atoms with E-state index >= 15 is 0 Å². The Balaban J connectivity index is 3.42. The Bertz CT molecular complexity index is 391. The molecule has 5 heteroatoms. The molecule has 0 aliphatic carbocycles. The van der Waals surface area contributed by atoms with Gasteiger partial charge in [0.05, 0.1) is 18.4 Å². The summed E-state index contributed by atoms with van der Waals surface area (Å²) in [7, 11) is 1.35. The predicted molar refractivity (Wildman–Crippen MR) is 52.4 cm³/mol. The predicted octanol–water partition coefficient (Wildman–Crippen LogP) is 2.42. The average Bonchev–Trinajstić information content (AvgIpc) is 2.15. The van der Waals surface area contributed by atoms with Gasteiger partial charge in [0.15, 0.2) is 5.78 Å². The minimum Gasteiger partial charge on any atom is -0.496 e. The van der Waals surface area contributed by atoms with Gasteiger partial charge in [0.1, 0.15) is 5.75 Å². The average molecular weight is 215 g/mol. The molecule has 0 bridgehead atoms. The molecule has 0 saturated carbocycles. The van der Waals surface area contributed by atoms with Crippen molar-refractivity contribution in [1.82, 2.24) is 0 Å². The van der Waals surface area contributed by atoms with Crippen LogP contribution in [0, 0.1) is 0 Å². The number of nitrogen functional groups attached to an aromatic ring is 1. The van der Waals surface area contributed by atoms with E-state index in [1.165, 1.54) is 20.1 Å². The van der Waals surface area contributed by atoms with Crippen molar-refractivity contribution < 1.29 is 18.3 Å². The molecule has 0 spiro atoms. The van der Waals surface area contributed by atoms with Crippen molar-refractivity contribution in [3.63, 3.8) is 0 Å². The van der Waals surface area contributed by atoms with Gasteiger partial charge in [-0.1, -0.05) is 0 Å². The van der Waals surface area contributed by atoms with Crippen molar-refractivity contribution in [3.05, 3.63) is 23.3 Å². The fourth-order valence-electron chi connectivity index (χ4n) is 1.34. The molecule has 0 unspecified atom stereocenters. The van der Waals surface area contributed by atoms with Gasteiger partial charge in [-0.05, 0) is 19.1 Å². The number of rotatable bonds is 3. The standard InChI is InChI=1S/C10H11F2NO2/c1-5(14)8-7(15-2)4-3-6(9(8)13)10(11)12/h3-4,10H,13H2,1-2H3. The molecule has 0 fully saturated rings. The molecular formula is C10H11F2NO2. The molecule has 0 radical (unpaired) electrons. The van der Waals surface area contributed by atoms with Crippen LogP contribution in [-0.2, 0) is 0 Å². The van der Waals surface area contributed by atoms with E-state index in [0.29, 0.717) is 0 Å². The number of benzene rings is 1.